The number of carbonyl (C=O) groups excluding carboxylic acids is 1. The quantitative estimate of drug-likeness (QED) is 0.524. The summed E-state index contributed by atoms with van der Waals surface area (Å²) in [5.74, 6) is 0.258. The zero-order chi connectivity index (χ0) is 20.2. The van der Waals surface area contributed by atoms with Crippen LogP contribution >= 0.6 is 0 Å². The summed E-state index contributed by atoms with van der Waals surface area (Å²) >= 11 is 0.0688. The molecular formula is C25H24O2SeSi. The van der Waals surface area contributed by atoms with Crippen molar-refractivity contribution in [2.75, 3.05) is 0 Å². The second-order valence-electron chi connectivity index (χ2n) is 8.77. The molecule has 4 heteroatoms. The van der Waals surface area contributed by atoms with Crippen LogP contribution in [0.1, 0.15) is 16.7 Å². The van der Waals surface area contributed by atoms with Crippen LogP contribution in [-0.2, 0) is 21.2 Å². The molecule has 0 N–H and O–H groups in total. The number of ketones is 1. The fourth-order valence-corrected chi connectivity index (χ4v) is 8.42. The Bertz CT molecular complexity index is 1100. The number of hydrogen-bond donors (Lipinski definition) is 0. The van der Waals surface area contributed by atoms with Crippen molar-refractivity contribution < 1.29 is 9.22 Å². The zero-order valence-electron chi connectivity index (χ0n) is 16.9. The molecule has 0 fully saturated rings. The fraction of sp³-hybridized carbons (Fsp3) is 0.240. The van der Waals surface area contributed by atoms with Crippen LogP contribution < -0.4 is 4.46 Å². The van der Waals surface area contributed by atoms with Gasteiger partial charge in [-0.15, -0.1) is 0 Å². The SMILES string of the molecule is C[Si](C)(C)O[C@@]12C(=O)[C@H]([Se]c3ccccc3)Cc3cccc(c31)-c1ccccc12. The van der Waals surface area contributed by atoms with Gasteiger partial charge in [-0.2, -0.15) is 0 Å². The predicted molar refractivity (Wildman–Crippen MR) is 121 cm³/mol. The van der Waals surface area contributed by atoms with E-state index in [0.29, 0.717) is 0 Å². The van der Waals surface area contributed by atoms with Gasteiger partial charge in [0.25, 0.3) is 0 Å². The van der Waals surface area contributed by atoms with Crippen LogP contribution in [0.4, 0.5) is 0 Å². The van der Waals surface area contributed by atoms with Gasteiger partial charge in [-0.25, -0.2) is 0 Å². The van der Waals surface area contributed by atoms with Crippen molar-refractivity contribution >= 4 is 33.5 Å². The van der Waals surface area contributed by atoms with Crippen LogP contribution in [0.3, 0.4) is 0 Å². The molecule has 2 aliphatic rings. The first kappa shape index (κ1) is 19.0. The average molecular weight is 464 g/mol. The van der Waals surface area contributed by atoms with E-state index in [1.807, 2.05) is 12.1 Å². The maximum atomic E-state index is 14.2. The molecule has 0 spiro atoms. The molecule has 2 atom stereocenters. The van der Waals surface area contributed by atoms with E-state index in [2.05, 4.69) is 80.3 Å². The van der Waals surface area contributed by atoms with Crippen molar-refractivity contribution in [3.8, 4) is 11.1 Å². The monoisotopic (exact) mass is 464 g/mol. The Morgan fingerprint density at radius 3 is 2.34 bits per heavy atom. The molecule has 0 saturated carbocycles. The summed E-state index contributed by atoms with van der Waals surface area (Å²) in [7, 11) is -2.02. The maximum absolute atomic E-state index is 14.2. The Kier molecular flexibility index (Phi) is 4.45. The van der Waals surface area contributed by atoms with Crippen LogP contribution in [0.15, 0.2) is 72.8 Å². The Morgan fingerprint density at radius 2 is 1.59 bits per heavy atom. The van der Waals surface area contributed by atoms with E-state index in [1.54, 1.807) is 0 Å². The standard InChI is InChI=1S/C25H24O2SeSi/c1-29(2,3)27-25-21-15-8-7-13-19(21)20-14-9-10-17(23(20)25)16-22(24(25)26)28-18-11-5-4-6-12-18/h4-15,22H,16H2,1-3H3/t22-,25-/m1/s1. The summed E-state index contributed by atoms with van der Waals surface area (Å²) in [5.41, 5.74) is 4.84. The second kappa shape index (κ2) is 6.78. The topological polar surface area (TPSA) is 26.3 Å². The average Bonchev–Trinajstić information content (AvgIpc) is 2.98. The van der Waals surface area contributed by atoms with Gasteiger partial charge in [-0.1, -0.05) is 0 Å². The van der Waals surface area contributed by atoms with E-state index in [0.717, 1.165) is 23.1 Å². The molecule has 0 unspecified atom stereocenters. The molecule has 146 valence electrons. The van der Waals surface area contributed by atoms with Gasteiger partial charge >= 0.3 is 180 Å². The van der Waals surface area contributed by atoms with E-state index in [9.17, 15) is 4.79 Å². The number of rotatable bonds is 4. The van der Waals surface area contributed by atoms with E-state index < -0.39 is 13.9 Å². The minimum absolute atomic E-state index is 0.0184. The van der Waals surface area contributed by atoms with Gasteiger partial charge in [0.15, 0.2) is 0 Å². The second-order valence-corrected chi connectivity index (χ2v) is 15.9. The Labute approximate surface area is 179 Å². The van der Waals surface area contributed by atoms with Crippen molar-refractivity contribution in [1.82, 2.24) is 0 Å². The molecule has 0 saturated heterocycles. The molecule has 2 aliphatic carbocycles. The molecule has 3 aromatic carbocycles. The summed E-state index contributed by atoms with van der Waals surface area (Å²) < 4.78 is 8.17. The molecule has 2 nitrogen and oxygen atoms in total. The van der Waals surface area contributed by atoms with Crippen LogP contribution in [0.25, 0.3) is 11.1 Å². The molecule has 0 radical (unpaired) electrons. The number of benzene rings is 3. The molecule has 0 bridgehead atoms. The third-order valence-electron chi connectivity index (χ3n) is 5.62. The van der Waals surface area contributed by atoms with Crippen LogP contribution in [-0.4, -0.2) is 29.1 Å². The summed E-state index contributed by atoms with van der Waals surface area (Å²) in [6.45, 7) is 6.55. The number of hydrogen-bond acceptors (Lipinski definition) is 2. The van der Waals surface area contributed by atoms with Gasteiger partial charge in [-0.05, 0) is 0 Å². The molecular weight excluding hydrogens is 439 g/mol. The van der Waals surface area contributed by atoms with Crippen molar-refractivity contribution in [3.05, 3.63) is 89.5 Å². The minimum atomic E-state index is -2.02. The Hall–Kier alpha value is -1.97. The summed E-state index contributed by atoms with van der Waals surface area (Å²) in [5, 5.41) is 0. The first-order valence-electron chi connectivity index (χ1n) is 10.1. The van der Waals surface area contributed by atoms with E-state index in [4.69, 9.17) is 4.43 Å². The number of fused-ring (bicyclic) bond motifs is 3. The van der Waals surface area contributed by atoms with Gasteiger partial charge < -0.3 is 0 Å². The van der Waals surface area contributed by atoms with Gasteiger partial charge in [0.1, 0.15) is 0 Å². The first-order chi connectivity index (χ1) is 13.9. The first-order valence-corrected chi connectivity index (χ1v) is 15.3. The zero-order valence-corrected chi connectivity index (χ0v) is 19.7. The van der Waals surface area contributed by atoms with E-state index in [1.165, 1.54) is 15.6 Å². The van der Waals surface area contributed by atoms with Gasteiger partial charge in [0.05, 0.1) is 0 Å². The van der Waals surface area contributed by atoms with Gasteiger partial charge in [0, 0.05) is 0 Å². The summed E-state index contributed by atoms with van der Waals surface area (Å²) in [6, 6.07) is 25.3. The van der Waals surface area contributed by atoms with Crippen LogP contribution in [0.2, 0.25) is 24.5 Å². The molecule has 0 aliphatic heterocycles. The van der Waals surface area contributed by atoms with Crippen molar-refractivity contribution in [3.63, 3.8) is 0 Å². The third-order valence-corrected chi connectivity index (χ3v) is 9.08. The molecule has 0 heterocycles. The molecule has 0 aromatic heterocycles. The Balaban J connectivity index is 1.73. The van der Waals surface area contributed by atoms with Gasteiger partial charge in [0.2, 0.25) is 0 Å². The van der Waals surface area contributed by atoms with Crippen LogP contribution in [0.5, 0.6) is 0 Å². The number of carbonyl (C=O) groups is 1. The molecule has 5 rings (SSSR count). The van der Waals surface area contributed by atoms with E-state index in [-0.39, 0.29) is 25.6 Å². The normalized spacial score (nSPS) is 22.3. The summed E-state index contributed by atoms with van der Waals surface area (Å²) in [6.07, 6.45) is 0.807. The van der Waals surface area contributed by atoms with Gasteiger partial charge in [-0.3, -0.25) is 0 Å². The van der Waals surface area contributed by atoms with Crippen molar-refractivity contribution in [2.24, 2.45) is 0 Å². The summed E-state index contributed by atoms with van der Waals surface area (Å²) in [4.78, 5) is 14.2. The third kappa shape index (κ3) is 2.98. The van der Waals surface area contributed by atoms with Crippen LogP contribution in [0, 0.1) is 0 Å². The van der Waals surface area contributed by atoms with Crippen molar-refractivity contribution in [1.29, 1.82) is 0 Å². The van der Waals surface area contributed by atoms with E-state index >= 15 is 0 Å². The fourth-order valence-electron chi connectivity index (χ4n) is 4.72. The Morgan fingerprint density at radius 1 is 0.897 bits per heavy atom. The predicted octanol–water partition coefficient (Wildman–Crippen LogP) is 4.71. The molecule has 29 heavy (non-hydrogen) atoms. The molecule has 3 aromatic rings. The molecule has 0 amide bonds. The number of Topliss-reactive ketones (excluding diaryl/α,β-unsaturated/α-hetero) is 1. The van der Waals surface area contributed by atoms with Crippen molar-refractivity contribution in [2.45, 2.75) is 36.5 Å².